The number of carbonyl (C=O) groups excluding carboxylic acids is 3. The fraction of sp³-hybridized carbons (Fsp3) is 0.423. The predicted molar refractivity (Wildman–Crippen MR) is 130 cm³/mol. The fourth-order valence-electron chi connectivity index (χ4n) is 4.65. The highest BCUT2D eigenvalue weighted by Gasteiger charge is 2.41. The Bertz CT molecular complexity index is 1170. The Balaban J connectivity index is 1.95. The second-order valence-electron chi connectivity index (χ2n) is 9.33. The van der Waals surface area contributed by atoms with E-state index in [2.05, 4.69) is 10.6 Å². The number of halogens is 6. The zero-order valence-electron chi connectivity index (χ0n) is 20.9. The SMILES string of the molecule is CN1C(=O)[C@@H](NC(=O)[C@H](CCC(F)(F)F)[C@H](CCC(F)(F)F)C(N)=O)N[C@@H](c2ccccc2)c2ccccc21. The van der Waals surface area contributed by atoms with Crippen LogP contribution in [0, 0.1) is 11.8 Å². The summed E-state index contributed by atoms with van der Waals surface area (Å²) in [6, 6.07) is 15.1. The lowest BCUT2D eigenvalue weighted by Gasteiger charge is -2.29. The van der Waals surface area contributed by atoms with Gasteiger partial charge >= 0.3 is 12.4 Å². The summed E-state index contributed by atoms with van der Waals surface area (Å²) in [5, 5.41) is 5.35. The van der Waals surface area contributed by atoms with Crippen molar-refractivity contribution in [1.29, 1.82) is 0 Å². The van der Waals surface area contributed by atoms with Gasteiger partial charge in [0.15, 0.2) is 6.17 Å². The molecule has 0 saturated carbocycles. The third-order valence-corrected chi connectivity index (χ3v) is 6.61. The number of amides is 3. The minimum Gasteiger partial charge on any atom is -0.369 e. The van der Waals surface area contributed by atoms with E-state index >= 15 is 0 Å². The van der Waals surface area contributed by atoms with Crippen LogP contribution in [0.25, 0.3) is 0 Å². The third kappa shape index (κ3) is 7.94. The molecule has 212 valence electrons. The predicted octanol–water partition coefficient (Wildman–Crippen LogP) is 4.19. The van der Waals surface area contributed by atoms with Crippen molar-refractivity contribution in [3.05, 3.63) is 65.7 Å². The van der Waals surface area contributed by atoms with Crippen LogP contribution in [0.2, 0.25) is 0 Å². The molecule has 39 heavy (non-hydrogen) atoms. The maximum atomic E-state index is 13.3. The Labute approximate surface area is 220 Å². The number of nitrogens with zero attached hydrogens (tertiary/aromatic N) is 1. The molecule has 13 heteroatoms. The number of likely N-dealkylation sites (N-methyl/N-ethyl adjacent to an activating group) is 1. The second kappa shape index (κ2) is 12.1. The van der Waals surface area contributed by atoms with Crippen LogP contribution in [-0.2, 0) is 14.4 Å². The first-order valence-electron chi connectivity index (χ1n) is 12.1. The van der Waals surface area contributed by atoms with Crippen LogP contribution in [0.4, 0.5) is 32.0 Å². The average Bonchev–Trinajstić information content (AvgIpc) is 2.95. The van der Waals surface area contributed by atoms with E-state index in [0.717, 1.165) is 0 Å². The summed E-state index contributed by atoms with van der Waals surface area (Å²) in [5.41, 5.74) is 7.14. The van der Waals surface area contributed by atoms with Gasteiger partial charge in [-0.15, -0.1) is 0 Å². The van der Waals surface area contributed by atoms with Crippen molar-refractivity contribution in [3.8, 4) is 0 Å². The number of hydrogen-bond donors (Lipinski definition) is 3. The summed E-state index contributed by atoms with van der Waals surface area (Å²) in [6.45, 7) is 0. The van der Waals surface area contributed by atoms with E-state index < -0.39 is 79.8 Å². The Morgan fingerprint density at radius 3 is 2.03 bits per heavy atom. The number of nitrogens with one attached hydrogen (secondary N) is 2. The Kier molecular flexibility index (Phi) is 9.26. The lowest BCUT2D eigenvalue weighted by molar-refractivity contribution is -0.152. The van der Waals surface area contributed by atoms with Crippen LogP contribution >= 0.6 is 0 Å². The molecule has 0 bridgehead atoms. The van der Waals surface area contributed by atoms with E-state index in [4.69, 9.17) is 5.73 Å². The summed E-state index contributed by atoms with van der Waals surface area (Å²) >= 11 is 0. The number of anilines is 1. The first kappa shape index (κ1) is 29.9. The Morgan fingerprint density at radius 2 is 1.46 bits per heavy atom. The molecule has 1 aliphatic rings. The van der Waals surface area contributed by atoms with Crippen molar-refractivity contribution in [3.63, 3.8) is 0 Å². The zero-order valence-corrected chi connectivity index (χ0v) is 20.9. The van der Waals surface area contributed by atoms with Gasteiger partial charge in [0.1, 0.15) is 0 Å². The van der Waals surface area contributed by atoms with Gasteiger partial charge in [-0.1, -0.05) is 48.5 Å². The van der Waals surface area contributed by atoms with Gasteiger partial charge < -0.3 is 16.0 Å². The molecule has 0 fully saturated rings. The van der Waals surface area contributed by atoms with Crippen LogP contribution in [0.15, 0.2) is 54.6 Å². The van der Waals surface area contributed by atoms with Crippen molar-refractivity contribution >= 4 is 23.4 Å². The van der Waals surface area contributed by atoms with E-state index in [0.29, 0.717) is 16.8 Å². The minimum absolute atomic E-state index is 0.509. The third-order valence-electron chi connectivity index (χ3n) is 6.61. The van der Waals surface area contributed by atoms with E-state index in [1.807, 2.05) is 0 Å². The molecule has 4 N–H and O–H groups in total. The van der Waals surface area contributed by atoms with Crippen LogP contribution in [0.5, 0.6) is 0 Å². The smallest absolute Gasteiger partial charge is 0.369 e. The number of alkyl halides is 6. The maximum absolute atomic E-state index is 13.3. The Hall–Kier alpha value is -3.61. The Morgan fingerprint density at radius 1 is 0.923 bits per heavy atom. The van der Waals surface area contributed by atoms with E-state index in [-0.39, 0.29) is 0 Å². The number of carbonyl (C=O) groups is 3. The summed E-state index contributed by atoms with van der Waals surface area (Å²) in [6.07, 6.45) is -16.0. The second-order valence-corrected chi connectivity index (χ2v) is 9.33. The fourth-order valence-corrected chi connectivity index (χ4v) is 4.65. The quantitative estimate of drug-likeness (QED) is 0.402. The van der Waals surface area contributed by atoms with Crippen LogP contribution in [0.3, 0.4) is 0 Å². The lowest BCUT2D eigenvalue weighted by atomic mass is 9.83. The van der Waals surface area contributed by atoms with Crippen LogP contribution in [-0.4, -0.2) is 43.3 Å². The van der Waals surface area contributed by atoms with Crippen LogP contribution < -0.4 is 21.3 Å². The summed E-state index contributed by atoms with van der Waals surface area (Å²) in [7, 11) is 1.45. The van der Waals surface area contributed by atoms with Gasteiger partial charge in [-0.2, -0.15) is 26.3 Å². The molecule has 2 aromatic carbocycles. The van der Waals surface area contributed by atoms with Gasteiger partial charge in [-0.25, -0.2) is 0 Å². The standard InChI is InChI=1S/C26H28F6N4O3/c1-36-19-10-6-5-9-18(19)20(15-7-3-2-4-8-15)34-22(24(36)39)35-23(38)17(12-14-26(30,31)32)16(21(33)37)11-13-25(27,28)29/h2-10,16-17,20,22,34H,11-14H2,1H3,(H2,33,37)(H,35,38)/t16-,17+,20-,22+/m0/s1. The number of hydrogen-bond acceptors (Lipinski definition) is 4. The van der Waals surface area contributed by atoms with Crippen molar-refractivity contribution in [2.75, 3.05) is 11.9 Å². The highest BCUT2D eigenvalue weighted by molar-refractivity contribution is 6.00. The topological polar surface area (TPSA) is 105 Å². The van der Waals surface area contributed by atoms with Gasteiger partial charge in [0, 0.05) is 37.4 Å². The number of nitrogens with two attached hydrogens (primary N) is 1. The molecule has 0 spiro atoms. The van der Waals surface area contributed by atoms with Crippen LogP contribution in [0.1, 0.15) is 42.9 Å². The number of benzene rings is 2. The minimum atomic E-state index is -4.75. The highest BCUT2D eigenvalue weighted by atomic mass is 19.4. The number of para-hydroxylation sites is 1. The molecule has 3 amide bonds. The van der Waals surface area contributed by atoms with E-state index in [9.17, 15) is 40.7 Å². The van der Waals surface area contributed by atoms with E-state index in [1.54, 1.807) is 54.6 Å². The van der Waals surface area contributed by atoms with Gasteiger partial charge in [-0.05, 0) is 30.0 Å². The molecule has 2 aromatic rings. The lowest BCUT2D eigenvalue weighted by Crippen LogP contribution is -2.57. The highest BCUT2D eigenvalue weighted by Crippen LogP contribution is 2.35. The molecule has 0 radical (unpaired) electrons. The summed E-state index contributed by atoms with van der Waals surface area (Å²) < 4.78 is 77.7. The number of primary amides is 1. The molecule has 1 aliphatic heterocycles. The molecule has 0 aromatic heterocycles. The number of rotatable bonds is 9. The first-order chi connectivity index (χ1) is 18.2. The zero-order chi connectivity index (χ0) is 29.0. The molecule has 0 saturated heterocycles. The molecule has 7 nitrogen and oxygen atoms in total. The number of fused-ring (bicyclic) bond motifs is 1. The molecular formula is C26H28F6N4O3. The van der Waals surface area contributed by atoms with Crippen molar-refractivity contribution < 1.29 is 40.7 Å². The van der Waals surface area contributed by atoms with Crippen molar-refractivity contribution in [2.45, 2.75) is 50.2 Å². The molecule has 4 atom stereocenters. The molecular weight excluding hydrogens is 530 g/mol. The summed E-state index contributed by atoms with van der Waals surface area (Å²) in [5.74, 6) is -6.90. The summed E-state index contributed by atoms with van der Waals surface area (Å²) in [4.78, 5) is 39.9. The molecule has 3 rings (SSSR count). The molecule has 0 unspecified atom stereocenters. The van der Waals surface area contributed by atoms with Crippen molar-refractivity contribution in [1.82, 2.24) is 10.6 Å². The normalized spacial score (nSPS) is 19.6. The van der Waals surface area contributed by atoms with E-state index in [1.165, 1.54) is 11.9 Å². The van der Waals surface area contributed by atoms with Gasteiger partial charge in [-0.3, -0.25) is 19.7 Å². The first-order valence-corrected chi connectivity index (χ1v) is 12.1. The van der Waals surface area contributed by atoms with Gasteiger partial charge in [0.2, 0.25) is 11.8 Å². The largest absolute Gasteiger partial charge is 0.389 e. The van der Waals surface area contributed by atoms with Gasteiger partial charge in [0.05, 0.1) is 6.04 Å². The maximum Gasteiger partial charge on any atom is 0.389 e. The molecule has 0 aliphatic carbocycles. The molecule has 1 heterocycles. The average molecular weight is 559 g/mol. The van der Waals surface area contributed by atoms with Crippen molar-refractivity contribution in [2.24, 2.45) is 17.6 Å². The monoisotopic (exact) mass is 558 g/mol. The van der Waals surface area contributed by atoms with Gasteiger partial charge in [0.25, 0.3) is 5.91 Å².